The van der Waals surface area contributed by atoms with Crippen molar-refractivity contribution in [3.63, 3.8) is 0 Å². The van der Waals surface area contributed by atoms with Gasteiger partial charge in [-0.2, -0.15) is 10.4 Å². The smallest absolute Gasteiger partial charge is 0.141 e. The molecular formula is C17H14B4N6. The van der Waals surface area contributed by atoms with Crippen molar-refractivity contribution in [3.8, 4) is 17.3 Å². The van der Waals surface area contributed by atoms with E-state index in [1.165, 1.54) is 6.33 Å². The molecule has 1 aliphatic rings. The second kappa shape index (κ2) is 6.33. The number of fused-ring (bicyclic) bond motifs is 1. The first-order chi connectivity index (χ1) is 12.8. The van der Waals surface area contributed by atoms with Gasteiger partial charge in [-0.3, -0.25) is 4.68 Å². The second-order valence-electron chi connectivity index (χ2n) is 7.30. The lowest BCUT2D eigenvalue weighted by atomic mass is 9.39. The number of H-pyrrole nitrogens is 1. The monoisotopic (exact) mass is 346 g/mol. The molecule has 0 aromatic carbocycles. The largest absolute Gasteiger partial charge is 0.346 e. The Hall–Kier alpha value is -2.42. The molecule has 0 aliphatic heterocycles. The van der Waals surface area contributed by atoms with E-state index >= 15 is 0 Å². The van der Waals surface area contributed by atoms with Gasteiger partial charge in [-0.1, -0.05) is 23.3 Å². The Morgan fingerprint density at radius 2 is 2.00 bits per heavy atom. The van der Waals surface area contributed by atoms with Crippen LogP contribution in [0.3, 0.4) is 0 Å². The Morgan fingerprint density at radius 1 is 1.26 bits per heavy atom. The highest BCUT2D eigenvalue weighted by Crippen LogP contribution is 2.61. The Morgan fingerprint density at radius 3 is 2.70 bits per heavy atom. The quantitative estimate of drug-likeness (QED) is 0.728. The number of rotatable bonds is 4. The molecule has 1 N–H and O–H groups in total. The standard InChI is InChI=1S/C17H14B4N6/c18-16(19)3-4-17(20,21)14(16)12(1-5-22)27-8-10(7-26-27)13-11-2-6-23-15(11)25-9-24-13/h2,6-9,12,14H,1,3-4H2,(H,23,24,25)/t12-/m1/s1. The summed E-state index contributed by atoms with van der Waals surface area (Å²) in [4.78, 5) is 11.6. The lowest BCUT2D eigenvalue weighted by molar-refractivity contribution is 0.287. The first-order valence-electron chi connectivity index (χ1n) is 8.68. The van der Waals surface area contributed by atoms with E-state index in [-0.39, 0.29) is 6.42 Å². The van der Waals surface area contributed by atoms with Crippen LogP contribution in [0.4, 0.5) is 0 Å². The summed E-state index contributed by atoms with van der Waals surface area (Å²) in [5, 5.41) is 12.6. The Balaban J connectivity index is 1.76. The molecule has 124 valence electrons. The molecule has 0 bridgehead atoms. The fourth-order valence-corrected chi connectivity index (χ4v) is 4.16. The lowest BCUT2D eigenvalue weighted by Gasteiger charge is -2.42. The lowest BCUT2D eigenvalue weighted by Crippen LogP contribution is -2.36. The molecule has 0 spiro atoms. The Kier molecular flexibility index (Phi) is 4.21. The number of nitrogens with one attached hydrogen (secondary N) is 1. The Labute approximate surface area is 162 Å². The van der Waals surface area contributed by atoms with Crippen molar-refractivity contribution in [1.82, 2.24) is 24.7 Å². The highest BCUT2D eigenvalue weighted by Gasteiger charge is 2.49. The molecule has 1 saturated carbocycles. The van der Waals surface area contributed by atoms with Crippen molar-refractivity contribution in [1.29, 1.82) is 5.26 Å². The molecule has 0 saturated heterocycles. The second-order valence-corrected chi connectivity index (χ2v) is 7.30. The van der Waals surface area contributed by atoms with Crippen molar-refractivity contribution < 1.29 is 0 Å². The third-order valence-corrected chi connectivity index (χ3v) is 5.40. The van der Waals surface area contributed by atoms with Crippen molar-refractivity contribution >= 4 is 42.4 Å². The molecule has 1 fully saturated rings. The fraction of sp³-hybridized carbons (Fsp3) is 0.412. The minimum absolute atomic E-state index is 0.140. The number of nitriles is 1. The van der Waals surface area contributed by atoms with E-state index in [9.17, 15) is 5.26 Å². The number of aromatic amines is 1. The molecule has 3 aromatic heterocycles. The van der Waals surface area contributed by atoms with E-state index in [0.29, 0.717) is 12.8 Å². The molecule has 4 rings (SSSR count). The summed E-state index contributed by atoms with van der Waals surface area (Å²) in [6.45, 7) is 0. The van der Waals surface area contributed by atoms with Gasteiger partial charge in [0.1, 0.15) is 12.0 Å². The van der Waals surface area contributed by atoms with Gasteiger partial charge in [0.2, 0.25) is 0 Å². The van der Waals surface area contributed by atoms with Gasteiger partial charge in [0.05, 0.1) is 61.8 Å². The predicted octanol–water partition coefficient (Wildman–Crippen LogP) is 1.59. The van der Waals surface area contributed by atoms with Crippen molar-refractivity contribution in [2.24, 2.45) is 5.92 Å². The van der Waals surface area contributed by atoms with Crippen LogP contribution in [0.1, 0.15) is 25.3 Å². The molecule has 10 heteroatoms. The molecule has 1 atom stereocenters. The summed E-state index contributed by atoms with van der Waals surface area (Å²) in [5.74, 6) is -0.505. The summed E-state index contributed by atoms with van der Waals surface area (Å²) in [6, 6.07) is 3.64. The van der Waals surface area contributed by atoms with E-state index in [4.69, 9.17) is 31.4 Å². The average Bonchev–Trinajstić information content (AvgIpc) is 3.32. The topological polar surface area (TPSA) is 83.2 Å². The summed E-state index contributed by atoms with van der Waals surface area (Å²) in [5.41, 5.74) is 2.28. The Bertz CT molecular complexity index is 1000. The minimum Gasteiger partial charge on any atom is -0.346 e. The highest BCUT2D eigenvalue weighted by molar-refractivity contribution is 6.45. The van der Waals surface area contributed by atoms with Crippen molar-refractivity contribution in [2.45, 2.75) is 35.7 Å². The van der Waals surface area contributed by atoms with Gasteiger partial charge in [-0.05, 0) is 12.0 Å². The van der Waals surface area contributed by atoms with Crippen LogP contribution in [0.2, 0.25) is 10.4 Å². The van der Waals surface area contributed by atoms with Crippen LogP contribution in [0.5, 0.6) is 0 Å². The summed E-state index contributed by atoms with van der Waals surface area (Å²) in [7, 11) is 25.1. The van der Waals surface area contributed by atoms with Crippen LogP contribution in [0.15, 0.2) is 31.0 Å². The summed E-state index contributed by atoms with van der Waals surface area (Å²) >= 11 is 0. The first kappa shape index (κ1) is 18.0. The van der Waals surface area contributed by atoms with E-state index in [1.807, 2.05) is 12.3 Å². The van der Waals surface area contributed by atoms with Crippen LogP contribution in [-0.4, -0.2) is 56.1 Å². The van der Waals surface area contributed by atoms with Crippen molar-refractivity contribution in [2.75, 3.05) is 0 Å². The maximum Gasteiger partial charge on any atom is 0.141 e. The van der Waals surface area contributed by atoms with Gasteiger partial charge in [0.15, 0.2) is 0 Å². The zero-order chi connectivity index (χ0) is 19.2. The van der Waals surface area contributed by atoms with Crippen LogP contribution in [0, 0.1) is 17.2 Å². The molecule has 27 heavy (non-hydrogen) atoms. The predicted molar refractivity (Wildman–Crippen MR) is 106 cm³/mol. The van der Waals surface area contributed by atoms with Gasteiger partial charge in [0.25, 0.3) is 0 Å². The molecule has 0 amide bonds. The zero-order valence-corrected chi connectivity index (χ0v) is 14.7. The van der Waals surface area contributed by atoms with E-state index in [1.54, 1.807) is 17.1 Å². The molecule has 8 radical (unpaired) electrons. The average molecular weight is 346 g/mol. The molecular weight excluding hydrogens is 331 g/mol. The first-order valence-corrected chi connectivity index (χ1v) is 8.68. The molecule has 1 aliphatic carbocycles. The van der Waals surface area contributed by atoms with E-state index < -0.39 is 22.4 Å². The molecule has 0 unspecified atom stereocenters. The molecule has 3 heterocycles. The van der Waals surface area contributed by atoms with Gasteiger partial charge in [-0.25, -0.2) is 9.97 Å². The molecule has 3 aromatic rings. The molecule has 6 nitrogen and oxygen atoms in total. The third kappa shape index (κ3) is 2.99. The number of nitrogens with zero attached hydrogens (tertiary/aromatic N) is 5. The normalized spacial score (nSPS) is 19.8. The van der Waals surface area contributed by atoms with Gasteiger partial charge in [0, 0.05) is 23.3 Å². The number of aromatic nitrogens is 5. The van der Waals surface area contributed by atoms with Gasteiger partial charge in [-0.15, -0.1) is 0 Å². The summed E-state index contributed by atoms with van der Waals surface area (Å²) in [6.07, 6.45) is 7.91. The minimum atomic E-state index is -1.07. The SMILES string of the molecule is [B]C1([B])CCC([B])([B])C1[C@@H](CC#N)n1cc(-c2ncnc3[nH]ccc23)cn1. The van der Waals surface area contributed by atoms with Gasteiger partial charge < -0.3 is 4.98 Å². The van der Waals surface area contributed by atoms with Crippen LogP contribution >= 0.6 is 0 Å². The van der Waals surface area contributed by atoms with E-state index in [2.05, 4.69) is 26.1 Å². The van der Waals surface area contributed by atoms with Gasteiger partial charge >= 0.3 is 0 Å². The van der Waals surface area contributed by atoms with E-state index in [0.717, 1.165) is 22.3 Å². The number of hydrogen-bond acceptors (Lipinski definition) is 4. The maximum atomic E-state index is 9.36. The zero-order valence-electron chi connectivity index (χ0n) is 14.7. The highest BCUT2D eigenvalue weighted by atomic mass is 15.3. The third-order valence-electron chi connectivity index (χ3n) is 5.40. The van der Waals surface area contributed by atoms with Crippen LogP contribution in [0.25, 0.3) is 22.3 Å². The van der Waals surface area contributed by atoms with Crippen LogP contribution < -0.4 is 0 Å². The summed E-state index contributed by atoms with van der Waals surface area (Å²) < 4.78 is 1.68. The number of hydrogen-bond donors (Lipinski definition) is 1. The maximum absolute atomic E-state index is 9.36. The fourth-order valence-electron chi connectivity index (χ4n) is 4.16. The van der Waals surface area contributed by atoms with Crippen molar-refractivity contribution in [3.05, 3.63) is 31.0 Å². The van der Waals surface area contributed by atoms with Crippen LogP contribution in [-0.2, 0) is 0 Å².